The predicted octanol–water partition coefficient (Wildman–Crippen LogP) is 2.87. The molecule has 1 saturated heterocycles. The molecule has 0 spiro atoms. The summed E-state index contributed by atoms with van der Waals surface area (Å²) in [6.45, 7) is 4.05. The van der Waals surface area contributed by atoms with Gasteiger partial charge in [0.1, 0.15) is 11.6 Å². The lowest BCUT2D eigenvalue weighted by Crippen LogP contribution is -2.36. The van der Waals surface area contributed by atoms with Gasteiger partial charge in [-0.2, -0.15) is 0 Å². The standard InChI is InChI=1S/C14H19F2NO/c1-10(11-4-6-18-7-5-11)17-9-12-8-13(15)2-3-14(12)16/h2-3,8,10-11,17H,4-7,9H2,1H3. The predicted molar refractivity (Wildman–Crippen MR) is 66.2 cm³/mol. The summed E-state index contributed by atoms with van der Waals surface area (Å²) in [5.41, 5.74) is 0.383. The highest BCUT2D eigenvalue weighted by molar-refractivity contribution is 5.18. The minimum absolute atomic E-state index is 0.288. The number of hydrogen-bond donors (Lipinski definition) is 1. The van der Waals surface area contributed by atoms with Crippen LogP contribution in [0.3, 0.4) is 0 Å². The monoisotopic (exact) mass is 255 g/mol. The maximum absolute atomic E-state index is 13.4. The first-order chi connectivity index (χ1) is 8.66. The summed E-state index contributed by atoms with van der Waals surface area (Å²) < 4.78 is 31.8. The molecule has 1 aliphatic heterocycles. The zero-order valence-corrected chi connectivity index (χ0v) is 10.6. The van der Waals surface area contributed by atoms with Crippen LogP contribution in [0.5, 0.6) is 0 Å². The van der Waals surface area contributed by atoms with Crippen LogP contribution in [-0.2, 0) is 11.3 Å². The SMILES string of the molecule is CC(NCc1cc(F)ccc1F)C1CCOCC1. The van der Waals surface area contributed by atoms with E-state index in [2.05, 4.69) is 12.2 Å². The van der Waals surface area contributed by atoms with Gasteiger partial charge in [0.2, 0.25) is 0 Å². The lowest BCUT2D eigenvalue weighted by Gasteiger charge is -2.28. The van der Waals surface area contributed by atoms with Crippen molar-refractivity contribution in [3.05, 3.63) is 35.4 Å². The van der Waals surface area contributed by atoms with Crippen LogP contribution in [0.4, 0.5) is 8.78 Å². The summed E-state index contributed by atoms with van der Waals surface area (Å²) in [6.07, 6.45) is 2.06. The van der Waals surface area contributed by atoms with Gasteiger partial charge in [-0.1, -0.05) is 0 Å². The van der Waals surface area contributed by atoms with Crippen molar-refractivity contribution in [2.45, 2.75) is 32.4 Å². The van der Waals surface area contributed by atoms with Crippen LogP contribution in [0, 0.1) is 17.6 Å². The molecule has 0 radical (unpaired) electrons. The fraction of sp³-hybridized carbons (Fsp3) is 0.571. The summed E-state index contributed by atoms with van der Waals surface area (Å²) in [5.74, 6) is -0.203. The first kappa shape index (κ1) is 13.4. The van der Waals surface area contributed by atoms with E-state index >= 15 is 0 Å². The van der Waals surface area contributed by atoms with Crippen LogP contribution >= 0.6 is 0 Å². The van der Waals surface area contributed by atoms with E-state index in [0.717, 1.165) is 32.1 Å². The first-order valence-electron chi connectivity index (χ1n) is 6.42. The summed E-state index contributed by atoms with van der Waals surface area (Å²) in [4.78, 5) is 0. The molecule has 2 nitrogen and oxygen atoms in total. The lowest BCUT2D eigenvalue weighted by molar-refractivity contribution is 0.0557. The molecule has 1 aromatic rings. The molecule has 0 aliphatic carbocycles. The zero-order valence-electron chi connectivity index (χ0n) is 10.6. The van der Waals surface area contributed by atoms with Crippen molar-refractivity contribution in [2.75, 3.05) is 13.2 Å². The third-order valence-electron chi connectivity index (χ3n) is 3.60. The van der Waals surface area contributed by atoms with Gasteiger partial charge in [-0.25, -0.2) is 8.78 Å². The Hall–Kier alpha value is -1.00. The Morgan fingerprint density at radius 3 is 2.78 bits per heavy atom. The van der Waals surface area contributed by atoms with E-state index in [9.17, 15) is 8.78 Å². The molecule has 2 rings (SSSR count). The summed E-state index contributed by atoms with van der Waals surface area (Å²) in [7, 11) is 0. The van der Waals surface area contributed by atoms with Gasteiger partial charge in [0.05, 0.1) is 0 Å². The first-order valence-corrected chi connectivity index (χ1v) is 6.42. The van der Waals surface area contributed by atoms with E-state index < -0.39 is 5.82 Å². The Balaban J connectivity index is 1.88. The average molecular weight is 255 g/mol. The second kappa shape index (κ2) is 6.25. The normalized spacial score (nSPS) is 18.8. The van der Waals surface area contributed by atoms with E-state index in [1.165, 1.54) is 12.1 Å². The van der Waals surface area contributed by atoms with E-state index in [0.29, 0.717) is 18.0 Å². The fourth-order valence-electron chi connectivity index (χ4n) is 2.33. The molecule has 18 heavy (non-hydrogen) atoms. The number of benzene rings is 1. The molecule has 0 aromatic heterocycles. The smallest absolute Gasteiger partial charge is 0.127 e. The van der Waals surface area contributed by atoms with Crippen molar-refractivity contribution >= 4 is 0 Å². The highest BCUT2D eigenvalue weighted by atomic mass is 19.1. The summed E-state index contributed by atoms with van der Waals surface area (Å²) in [6, 6.07) is 3.85. The maximum Gasteiger partial charge on any atom is 0.127 e. The molecule has 1 fully saturated rings. The van der Waals surface area contributed by atoms with E-state index in [4.69, 9.17) is 4.74 Å². The van der Waals surface area contributed by atoms with Gasteiger partial charge in [0, 0.05) is 31.4 Å². The van der Waals surface area contributed by atoms with Gasteiger partial charge < -0.3 is 10.1 Å². The molecule has 1 aromatic carbocycles. The number of rotatable bonds is 4. The van der Waals surface area contributed by atoms with Crippen molar-refractivity contribution in [1.29, 1.82) is 0 Å². The number of ether oxygens (including phenoxy) is 1. The van der Waals surface area contributed by atoms with Crippen LogP contribution < -0.4 is 5.32 Å². The number of nitrogens with one attached hydrogen (secondary N) is 1. The Morgan fingerprint density at radius 2 is 2.06 bits per heavy atom. The van der Waals surface area contributed by atoms with Crippen LogP contribution in [0.2, 0.25) is 0 Å². The van der Waals surface area contributed by atoms with Crippen molar-refractivity contribution in [1.82, 2.24) is 5.32 Å². The van der Waals surface area contributed by atoms with Crippen molar-refractivity contribution in [3.63, 3.8) is 0 Å². The molecular weight excluding hydrogens is 236 g/mol. The minimum atomic E-state index is -0.396. The maximum atomic E-state index is 13.4. The quantitative estimate of drug-likeness (QED) is 0.893. The van der Waals surface area contributed by atoms with Crippen LogP contribution in [0.15, 0.2) is 18.2 Å². The molecule has 4 heteroatoms. The fourth-order valence-corrected chi connectivity index (χ4v) is 2.33. The van der Waals surface area contributed by atoms with Gasteiger partial charge in [-0.15, -0.1) is 0 Å². The Bertz CT molecular complexity index is 391. The molecule has 1 N–H and O–H groups in total. The Kier molecular flexibility index (Phi) is 4.66. The summed E-state index contributed by atoms with van der Waals surface area (Å²) >= 11 is 0. The summed E-state index contributed by atoms with van der Waals surface area (Å²) in [5, 5.41) is 3.27. The molecule has 1 aliphatic rings. The molecule has 0 amide bonds. The van der Waals surface area contributed by atoms with E-state index in [-0.39, 0.29) is 11.9 Å². The third kappa shape index (κ3) is 3.50. The van der Waals surface area contributed by atoms with Gasteiger partial charge in [-0.3, -0.25) is 0 Å². The van der Waals surface area contributed by atoms with Crippen molar-refractivity contribution < 1.29 is 13.5 Å². The van der Waals surface area contributed by atoms with Gasteiger partial charge in [0.25, 0.3) is 0 Å². The molecule has 1 heterocycles. The molecule has 0 bridgehead atoms. The van der Waals surface area contributed by atoms with Crippen molar-refractivity contribution in [2.24, 2.45) is 5.92 Å². The number of hydrogen-bond acceptors (Lipinski definition) is 2. The highest BCUT2D eigenvalue weighted by Crippen LogP contribution is 2.19. The van der Waals surface area contributed by atoms with Gasteiger partial charge in [0.15, 0.2) is 0 Å². The van der Waals surface area contributed by atoms with Gasteiger partial charge >= 0.3 is 0 Å². The van der Waals surface area contributed by atoms with Crippen LogP contribution in [0.25, 0.3) is 0 Å². The Morgan fingerprint density at radius 1 is 1.33 bits per heavy atom. The van der Waals surface area contributed by atoms with Crippen LogP contribution in [0.1, 0.15) is 25.3 Å². The second-order valence-electron chi connectivity index (χ2n) is 4.86. The zero-order chi connectivity index (χ0) is 13.0. The van der Waals surface area contributed by atoms with Crippen LogP contribution in [-0.4, -0.2) is 19.3 Å². The third-order valence-corrected chi connectivity index (χ3v) is 3.60. The van der Waals surface area contributed by atoms with Gasteiger partial charge in [-0.05, 0) is 43.9 Å². The van der Waals surface area contributed by atoms with E-state index in [1.807, 2.05) is 0 Å². The molecular formula is C14H19F2NO. The second-order valence-corrected chi connectivity index (χ2v) is 4.86. The molecule has 100 valence electrons. The topological polar surface area (TPSA) is 21.3 Å². The largest absolute Gasteiger partial charge is 0.381 e. The average Bonchev–Trinajstić information content (AvgIpc) is 2.40. The molecule has 0 saturated carbocycles. The minimum Gasteiger partial charge on any atom is -0.381 e. The van der Waals surface area contributed by atoms with E-state index in [1.54, 1.807) is 0 Å². The van der Waals surface area contributed by atoms with Crippen molar-refractivity contribution in [3.8, 4) is 0 Å². The Labute approximate surface area is 106 Å². The molecule has 1 unspecified atom stereocenters. The highest BCUT2D eigenvalue weighted by Gasteiger charge is 2.20. The lowest BCUT2D eigenvalue weighted by atomic mass is 9.93. The number of halogens is 2. The molecule has 1 atom stereocenters.